The Balaban J connectivity index is 1.83. The van der Waals surface area contributed by atoms with Gasteiger partial charge in [-0.15, -0.1) is 0 Å². The zero-order valence-electron chi connectivity index (χ0n) is 12.7. The van der Waals surface area contributed by atoms with E-state index in [0.717, 1.165) is 12.2 Å². The molecule has 0 saturated carbocycles. The topological polar surface area (TPSA) is 39.4 Å². The highest BCUT2D eigenvalue weighted by atomic mass is 16.5. The normalized spacial score (nSPS) is 15.8. The summed E-state index contributed by atoms with van der Waals surface area (Å²) in [7, 11) is 1.35. The maximum Gasteiger partial charge on any atom is 0.373 e. The smallest absolute Gasteiger partial charge is 0.373 e. The first-order valence-electron chi connectivity index (χ1n) is 7.29. The van der Waals surface area contributed by atoms with Crippen molar-refractivity contribution in [3.8, 4) is 0 Å². The Morgan fingerprint density at radius 2 is 2.10 bits per heavy atom. The molecule has 110 valence electrons. The van der Waals surface area contributed by atoms with Crippen LogP contribution in [0.5, 0.6) is 0 Å². The molecule has 0 atom stereocenters. The molecule has 0 spiro atoms. The number of carbonyl (C=O) groups excluding carboxylic acids is 1. The molecule has 1 aliphatic rings. The number of hydrogen-bond acceptors (Lipinski definition) is 3. The van der Waals surface area contributed by atoms with Crippen molar-refractivity contribution in [1.82, 2.24) is 0 Å². The van der Waals surface area contributed by atoms with Crippen molar-refractivity contribution in [2.45, 2.75) is 38.5 Å². The number of fused-ring (bicyclic) bond motifs is 1. The van der Waals surface area contributed by atoms with E-state index < -0.39 is 5.97 Å². The molecule has 0 amide bonds. The van der Waals surface area contributed by atoms with Gasteiger partial charge in [0.05, 0.1) is 7.11 Å². The second-order valence-electron chi connectivity index (χ2n) is 6.31. The molecule has 21 heavy (non-hydrogen) atoms. The highest BCUT2D eigenvalue weighted by Gasteiger charge is 2.29. The third-order valence-corrected chi connectivity index (χ3v) is 4.35. The van der Waals surface area contributed by atoms with Crippen LogP contribution in [0.4, 0.5) is 0 Å². The predicted octanol–water partition coefficient (Wildman–Crippen LogP) is 3.88. The maximum absolute atomic E-state index is 11.4. The molecule has 0 aliphatic heterocycles. The van der Waals surface area contributed by atoms with E-state index in [0.29, 0.717) is 6.42 Å². The molecule has 3 rings (SSSR count). The van der Waals surface area contributed by atoms with E-state index in [-0.39, 0.29) is 11.2 Å². The predicted molar refractivity (Wildman–Crippen MR) is 80.6 cm³/mol. The fourth-order valence-corrected chi connectivity index (χ4v) is 3.05. The lowest BCUT2D eigenvalue weighted by atomic mass is 9.85. The Labute approximate surface area is 124 Å². The van der Waals surface area contributed by atoms with E-state index >= 15 is 0 Å². The fraction of sp³-hybridized carbons (Fsp3) is 0.389. The number of rotatable bonds is 3. The van der Waals surface area contributed by atoms with Crippen molar-refractivity contribution in [2.75, 3.05) is 7.11 Å². The average molecular weight is 284 g/mol. The molecule has 1 aromatic heterocycles. The van der Waals surface area contributed by atoms with Crippen LogP contribution in [0.1, 0.15) is 53.3 Å². The SMILES string of the molecule is COC(=O)c1ccc(Cc2ccc3c(c2)C(C)(C)CC3)o1. The van der Waals surface area contributed by atoms with Gasteiger partial charge in [-0.3, -0.25) is 0 Å². The van der Waals surface area contributed by atoms with Gasteiger partial charge in [0, 0.05) is 6.42 Å². The van der Waals surface area contributed by atoms with Crippen molar-refractivity contribution >= 4 is 5.97 Å². The summed E-state index contributed by atoms with van der Waals surface area (Å²) in [4.78, 5) is 11.4. The molecular formula is C18H20O3. The van der Waals surface area contributed by atoms with Gasteiger partial charge in [-0.2, -0.15) is 0 Å². The second-order valence-corrected chi connectivity index (χ2v) is 6.31. The van der Waals surface area contributed by atoms with Crippen LogP contribution >= 0.6 is 0 Å². The van der Waals surface area contributed by atoms with E-state index in [1.807, 2.05) is 6.07 Å². The summed E-state index contributed by atoms with van der Waals surface area (Å²) in [6.07, 6.45) is 3.06. The zero-order valence-corrected chi connectivity index (χ0v) is 12.7. The van der Waals surface area contributed by atoms with Crippen LogP contribution in [-0.2, 0) is 23.0 Å². The molecule has 0 radical (unpaired) electrons. The monoisotopic (exact) mass is 284 g/mol. The molecule has 1 heterocycles. The first-order chi connectivity index (χ1) is 9.99. The standard InChI is InChI=1S/C18H20O3/c1-18(2)9-8-13-5-4-12(11-15(13)18)10-14-6-7-16(21-14)17(19)20-3/h4-7,11H,8-10H2,1-3H3. The molecule has 0 saturated heterocycles. The zero-order chi connectivity index (χ0) is 15.0. The first-order valence-corrected chi connectivity index (χ1v) is 7.29. The van der Waals surface area contributed by atoms with E-state index in [1.54, 1.807) is 6.07 Å². The van der Waals surface area contributed by atoms with Crippen molar-refractivity contribution in [1.29, 1.82) is 0 Å². The quantitative estimate of drug-likeness (QED) is 0.803. The molecule has 0 N–H and O–H groups in total. The average Bonchev–Trinajstić information content (AvgIpc) is 3.04. The van der Waals surface area contributed by atoms with Crippen LogP contribution < -0.4 is 0 Å². The van der Waals surface area contributed by atoms with Crippen molar-refractivity contribution in [3.05, 3.63) is 58.5 Å². The number of aryl methyl sites for hydroxylation is 1. The molecule has 1 aromatic carbocycles. The number of ether oxygens (including phenoxy) is 1. The minimum atomic E-state index is -0.434. The number of benzene rings is 1. The van der Waals surface area contributed by atoms with Gasteiger partial charge >= 0.3 is 5.97 Å². The van der Waals surface area contributed by atoms with Gasteiger partial charge in [0.2, 0.25) is 5.76 Å². The molecule has 3 nitrogen and oxygen atoms in total. The summed E-state index contributed by atoms with van der Waals surface area (Å²) in [5.74, 6) is 0.608. The highest BCUT2D eigenvalue weighted by Crippen LogP contribution is 2.38. The third kappa shape index (κ3) is 2.60. The van der Waals surface area contributed by atoms with Crippen LogP contribution in [0.2, 0.25) is 0 Å². The Bertz CT molecular complexity index is 680. The van der Waals surface area contributed by atoms with E-state index in [1.165, 1.54) is 30.2 Å². The van der Waals surface area contributed by atoms with Crippen LogP contribution in [-0.4, -0.2) is 13.1 Å². The minimum absolute atomic E-state index is 0.256. The molecule has 3 heteroatoms. The van der Waals surface area contributed by atoms with E-state index in [9.17, 15) is 4.79 Å². The third-order valence-electron chi connectivity index (χ3n) is 4.35. The molecule has 0 bridgehead atoms. The summed E-state index contributed by atoms with van der Waals surface area (Å²) < 4.78 is 10.2. The highest BCUT2D eigenvalue weighted by molar-refractivity contribution is 5.86. The lowest BCUT2D eigenvalue weighted by Crippen LogP contribution is -2.12. The summed E-state index contributed by atoms with van der Waals surface area (Å²) >= 11 is 0. The van der Waals surface area contributed by atoms with Crippen molar-refractivity contribution in [2.24, 2.45) is 0 Å². The van der Waals surface area contributed by atoms with E-state index in [4.69, 9.17) is 4.42 Å². The summed E-state index contributed by atoms with van der Waals surface area (Å²) in [6.45, 7) is 4.59. The fourth-order valence-electron chi connectivity index (χ4n) is 3.05. The van der Waals surface area contributed by atoms with Gasteiger partial charge < -0.3 is 9.15 Å². The minimum Gasteiger partial charge on any atom is -0.463 e. The van der Waals surface area contributed by atoms with Crippen LogP contribution in [0.3, 0.4) is 0 Å². The lowest BCUT2D eigenvalue weighted by Gasteiger charge is -2.19. The number of hydrogen-bond donors (Lipinski definition) is 0. The number of methoxy groups -OCH3 is 1. The Hall–Kier alpha value is -2.03. The van der Waals surface area contributed by atoms with Gasteiger partial charge in [0.1, 0.15) is 5.76 Å². The number of esters is 1. The van der Waals surface area contributed by atoms with Crippen LogP contribution in [0, 0.1) is 0 Å². The van der Waals surface area contributed by atoms with Crippen LogP contribution in [0.25, 0.3) is 0 Å². The lowest BCUT2D eigenvalue weighted by molar-refractivity contribution is 0.0563. The Morgan fingerprint density at radius 3 is 2.86 bits per heavy atom. The van der Waals surface area contributed by atoms with Crippen LogP contribution in [0.15, 0.2) is 34.7 Å². The molecule has 1 aliphatic carbocycles. The van der Waals surface area contributed by atoms with Crippen molar-refractivity contribution in [3.63, 3.8) is 0 Å². The maximum atomic E-state index is 11.4. The first kappa shape index (κ1) is 13.9. The second kappa shape index (κ2) is 5.06. The van der Waals surface area contributed by atoms with Gasteiger partial charge in [0.15, 0.2) is 0 Å². The Morgan fingerprint density at radius 1 is 1.29 bits per heavy atom. The summed E-state index contributed by atoms with van der Waals surface area (Å²) in [5, 5.41) is 0. The van der Waals surface area contributed by atoms with E-state index in [2.05, 4.69) is 36.8 Å². The van der Waals surface area contributed by atoms with Gasteiger partial charge in [-0.05, 0) is 47.1 Å². The molecule has 0 unspecified atom stereocenters. The molecular weight excluding hydrogens is 264 g/mol. The largest absolute Gasteiger partial charge is 0.463 e. The van der Waals surface area contributed by atoms with Gasteiger partial charge in [0.25, 0.3) is 0 Å². The Kier molecular flexibility index (Phi) is 3.36. The summed E-state index contributed by atoms with van der Waals surface area (Å²) in [5.41, 5.74) is 4.37. The molecule has 2 aromatic rings. The number of furan rings is 1. The number of carbonyl (C=O) groups is 1. The van der Waals surface area contributed by atoms with Gasteiger partial charge in [-0.25, -0.2) is 4.79 Å². The van der Waals surface area contributed by atoms with Crippen molar-refractivity contribution < 1.29 is 13.9 Å². The van der Waals surface area contributed by atoms with Gasteiger partial charge in [-0.1, -0.05) is 32.0 Å². The molecule has 0 fully saturated rings. The summed E-state index contributed by atoms with van der Waals surface area (Å²) in [6, 6.07) is 10.2.